The molecule has 0 bridgehead atoms. The number of hydrogen-bond donors (Lipinski definition) is 6. The molecule has 11 heteroatoms. The van der Waals surface area contributed by atoms with Crippen LogP contribution in [0.1, 0.15) is 290 Å². The van der Waals surface area contributed by atoms with E-state index in [1.165, 1.54) is 154 Å². The lowest BCUT2D eigenvalue weighted by molar-refractivity contribution is -0.305. The highest BCUT2D eigenvalue weighted by molar-refractivity contribution is 5.80. The number of aliphatic hydroxyl groups excluding tert-OH is 5. The van der Waals surface area contributed by atoms with Crippen molar-refractivity contribution in [1.29, 1.82) is 0 Å². The predicted octanol–water partition coefficient (Wildman–Crippen LogP) is 15.8. The first-order valence-electron chi connectivity index (χ1n) is 32.6. The predicted molar refractivity (Wildman–Crippen MR) is 324 cm³/mol. The summed E-state index contributed by atoms with van der Waals surface area (Å²) >= 11 is 0. The summed E-state index contributed by atoms with van der Waals surface area (Å²) in [5.41, 5.74) is 0. The highest BCUT2D eigenvalue weighted by Crippen LogP contribution is 2.26. The third-order valence-electron chi connectivity index (χ3n) is 15.1. The number of esters is 1. The van der Waals surface area contributed by atoms with Gasteiger partial charge in [0.1, 0.15) is 24.4 Å². The molecule has 1 aliphatic rings. The number of unbranched alkanes of at least 4 members (excludes halogenated alkanes) is 33. The number of carbonyl (C=O) groups excluding carboxylic acids is 2. The van der Waals surface area contributed by atoms with E-state index in [0.717, 1.165) is 89.9 Å². The van der Waals surface area contributed by atoms with Crippen LogP contribution in [0.3, 0.4) is 0 Å². The van der Waals surface area contributed by atoms with Crippen LogP contribution in [-0.2, 0) is 23.8 Å². The number of nitrogens with one attached hydrogen (secondary N) is 1. The topological polar surface area (TPSA) is 175 Å². The summed E-state index contributed by atoms with van der Waals surface area (Å²) in [6, 6.07) is -1.03. The average molecular weight is 1100 g/mol. The molecule has 0 aromatic rings. The number of carbonyl (C=O) groups is 2. The fourth-order valence-corrected chi connectivity index (χ4v) is 9.95. The van der Waals surface area contributed by atoms with Crippen molar-refractivity contribution in [2.75, 3.05) is 13.2 Å². The Kier molecular flexibility index (Phi) is 51.7. The molecule has 1 aliphatic heterocycles. The summed E-state index contributed by atoms with van der Waals surface area (Å²) in [6.45, 7) is 5.76. The summed E-state index contributed by atoms with van der Waals surface area (Å²) in [6.07, 6.45) is 58.2. The fourth-order valence-electron chi connectivity index (χ4n) is 9.95. The molecule has 11 nitrogen and oxygen atoms in total. The van der Waals surface area contributed by atoms with Crippen molar-refractivity contribution in [3.8, 4) is 0 Å². The van der Waals surface area contributed by atoms with Gasteiger partial charge in [-0.15, -0.1) is 0 Å². The van der Waals surface area contributed by atoms with Gasteiger partial charge in [-0.05, 0) is 89.9 Å². The second-order valence-electron chi connectivity index (χ2n) is 22.5. The van der Waals surface area contributed by atoms with Gasteiger partial charge >= 0.3 is 5.97 Å². The minimum Gasteiger partial charge on any atom is -0.454 e. The Hall–Kier alpha value is -2.64. The Morgan fingerprint density at radius 3 is 1.37 bits per heavy atom. The Balaban J connectivity index is 2.64. The van der Waals surface area contributed by atoms with Gasteiger partial charge in [0.15, 0.2) is 12.4 Å². The van der Waals surface area contributed by atoms with E-state index in [9.17, 15) is 35.1 Å². The van der Waals surface area contributed by atoms with Crippen LogP contribution in [-0.4, -0.2) is 99.6 Å². The second-order valence-corrected chi connectivity index (χ2v) is 22.5. The first-order chi connectivity index (χ1) is 38.2. The first kappa shape index (κ1) is 73.4. The van der Waals surface area contributed by atoms with Gasteiger partial charge in [0.05, 0.1) is 25.4 Å². The minimum atomic E-state index is -1.62. The normalized spacial score (nSPS) is 19.3. The maximum Gasteiger partial charge on any atom is 0.306 e. The van der Waals surface area contributed by atoms with E-state index in [1.807, 2.05) is 6.08 Å². The van der Waals surface area contributed by atoms with Gasteiger partial charge in [0.25, 0.3) is 0 Å². The van der Waals surface area contributed by atoms with Crippen molar-refractivity contribution in [2.45, 2.75) is 339 Å². The summed E-state index contributed by atoms with van der Waals surface area (Å²) in [7, 11) is 0. The number of hydrogen-bond acceptors (Lipinski definition) is 10. The van der Waals surface area contributed by atoms with E-state index in [0.29, 0.717) is 12.8 Å². The molecule has 8 atom stereocenters. The first-order valence-corrected chi connectivity index (χ1v) is 32.6. The highest BCUT2D eigenvalue weighted by atomic mass is 16.7. The summed E-state index contributed by atoms with van der Waals surface area (Å²) in [5, 5.41) is 57.0. The average Bonchev–Trinajstić information content (AvgIpc) is 3.44. The molecule has 0 aromatic heterocycles. The Morgan fingerprint density at radius 1 is 0.500 bits per heavy atom. The molecule has 1 saturated heterocycles. The largest absolute Gasteiger partial charge is 0.454 e. The van der Waals surface area contributed by atoms with E-state index >= 15 is 0 Å². The zero-order valence-corrected chi connectivity index (χ0v) is 50.3. The lowest BCUT2D eigenvalue weighted by atomic mass is 9.99. The molecule has 1 rings (SSSR count). The highest BCUT2D eigenvalue weighted by Gasteiger charge is 2.47. The molecule has 78 heavy (non-hydrogen) atoms. The van der Waals surface area contributed by atoms with Gasteiger partial charge in [0, 0.05) is 6.42 Å². The second kappa shape index (κ2) is 54.9. The number of aliphatic hydroxyl groups is 5. The quantitative estimate of drug-likeness (QED) is 0.0195. The van der Waals surface area contributed by atoms with Gasteiger partial charge in [-0.1, -0.05) is 255 Å². The lowest BCUT2D eigenvalue weighted by Crippen LogP contribution is -2.61. The molecule has 454 valence electrons. The van der Waals surface area contributed by atoms with E-state index in [-0.39, 0.29) is 19.4 Å². The van der Waals surface area contributed by atoms with Crippen molar-refractivity contribution in [1.82, 2.24) is 5.32 Å². The number of ether oxygens (including phenoxy) is 3. The van der Waals surface area contributed by atoms with Crippen LogP contribution in [0.5, 0.6) is 0 Å². The van der Waals surface area contributed by atoms with Gasteiger partial charge in [0.2, 0.25) is 5.91 Å². The van der Waals surface area contributed by atoms with Crippen LogP contribution in [0.15, 0.2) is 60.8 Å². The molecule has 0 aliphatic carbocycles. The molecule has 0 saturated carbocycles. The molecule has 0 radical (unpaired) electrons. The molecule has 0 aromatic carbocycles. The molecule has 1 amide bonds. The summed E-state index contributed by atoms with van der Waals surface area (Å²) in [5.74, 6) is -1.20. The van der Waals surface area contributed by atoms with E-state index < -0.39 is 67.4 Å². The summed E-state index contributed by atoms with van der Waals surface area (Å²) < 4.78 is 17.6. The zero-order chi connectivity index (χ0) is 56.8. The van der Waals surface area contributed by atoms with Crippen molar-refractivity contribution >= 4 is 11.9 Å². The van der Waals surface area contributed by atoms with Gasteiger partial charge in [-0.3, -0.25) is 9.59 Å². The van der Waals surface area contributed by atoms with Crippen molar-refractivity contribution in [2.24, 2.45) is 0 Å². The third kappa shape index (κ3) is 42.2. The van der Waals surface area contributed by atoms with Crippen molar-refractivity contribution in [3.05, 3.63) is 60.8 Å². The third-order valence-corrected chi connectivity index (χ3v) is 15.1. The maximum atomic E-state index is 13.4. The molecule has 8 unspecified atom stereocenters. The van der Waals surface area contributed by atoms with Crippen molar-refractivity contribution < 1.29 is 49.3 Å². The SMILES string of the molecule is CCCCC/C=C\C/C=C\C/C=C\CCCCCCCCCCCC(O)C(=O)NC(COC1OC(CO)C(O)C(O)C1OC(=O)CCCCCCCCC/C=C\CCCCCC)C(O)/C=C/CCCCCCCCCCCC. The van der Waals surface area contributed by atoms with Crippen molar-refractivity contribution in [3.63, 3.8) is 0 Å². The van der Waals surface area contributed by atoms with Crippen LogP contribution >= 0.6 is 0 Å². The Labute approximate surface area is 478 Å². The van der Waals surface area contributed by atoms with Gasteiger partial charge in [-0.2, -0.15) is 0 Å². The van der Waals surface area contributed by atoms with Crippen LogP contribution in [0.4, 0.5) is 0 Å². The lowest BCUT2D eigenvalue weighted by Gasteiger charge is -2.41. The fraction of sp³-hybridized carbons (Fsp3) is 0.821. The molecule has 1 heterocycles. The Bertz CT molecular complexity index is 1500. The van der Waals surface area contributed by atoms with Crippen LogP contribution in [0.25, 0.3) is 0 Å². The molecular weight excluding hydrogens is 979 g/mol. The minimum absolute atomic E-state index is 0.118. The van der Waals surface area contributed by atoms with E-state index in [1.54, 1.807) is 6.08 Å². The summed E-state index contributed by atoms with van der Waals surface area (Å²) in [4.78, 5) is 26.6. The maximum absolute atomic E-state index is 13.4. The van der Waals surface area contributed by atoms with E-state index in [4.69, 9.17) is 14.2 Å². The molecule has 6 N–H and O–H groups in total. The zero-order valence-electron chi connectivity index (χ0n) is 50.3. The van der Waals surface area contributed by atoms with E-state index in [2.05, 4.69) is 74.7 Å². The van der Waals surface area contributed by atoms with Crippen LogP contribution in [0.2, 0.25) is 0 Å². The van der Waals surface area contributed by atoms with Gasteiger partial charge in [-0.25, -0.2) is 0 Å². The van der Waals surface area contributed by atoms with Crippen LogP contribution in [0, 0.1) is 0 Å². The molecule has 0 spiro atoms. The monoisotopic (exact) mass is 1100 g/mol. The number of rotatable bonds is 55. The van der Waals surface area contributed by atoms with Gasteiger partial charge < -0.3 is 45.1 Å². The standard InChI is InChI=1S/C67H121NO10/c1-4-7-10-13-16-19-22-25-27-28-29-30-31-32-33-35-36-39-42-45-48-51-54-60(71)66(75)68-58(59(70)53-50-47-44-41-38-24-21-18-15-12-9-6-3)57-76-67-65(64(74)63(73)61(56-69)77-67)78-62(72)55-52-49-46-43-40-37-34-26-23-20-17-14-11-8-5-2/h16,19-20,23,25,27,29-30,50,53,58-61,63-65,67,69-71,73-74H,4-15,17-18,21-22,24,26,28,31-49,51-52,54-57H2,1-3H3,(H,68,75)/b19-16-,23-20-,27-25-,30-29-,53-50+. The van der Waals surface area contributed by atoms with Crippen LogP contribution < -0.4 is 5.32 Å². The number of amides is 1. The molecule has 1 fully saturated rings. The molecular formula is C67H121NO10. The Morgan fingerprint density at radius 2 is 0.885 bits per heavy atom. The number of allylic oxidation sites excluding steroid dienone is 9. The smallest absolute Gasteiger partial charge is 0.306 e.